The van der Waals surface area contributed by atoms with Crippen molar-refractivity contribution in [2.24, 2.45) is 0 Å². The van der Waals surface area contributed by atoms with E-state index in [0.29, 0.717) is 10.5 Å². The van der Waals surface area contributed by atoms with Crippen molar-refractivity contribution in [2.75, 3.05) is 0 Å². The van der Waals surface area contributed by atoms with Crippen LogP contribution in [0, 0.1) is 5.82 Å². The van der Waals surface area contributed by atoms with Crippen molar-refractivity contribution in [1.29, 1.82) is 0 Å². The van der Waals surface area contributed by atoms with Crippen LogP contribution in [0.3, 0.4) is 0 Å². The van der Waals surface area contributed by atoms with Crippen LogP contribution >= 0.6 is 27.7 Å². The van der Waals surface area contributed by atoms with E-state index in [4.69, 9.17) is 0 Å². The number of benzene rings is 2. The zero-order valence-electron chi connectivity index (χ0n) is 9.73. The Hall–Kier alpha value is -0.840. The van der Waals surface area contributed by atoms with Gasteiger partial charge in [-0.2, -0.15) is 0 Å². The third-order valence-electron chi connectivity index (χ3n) is 2.50. The first-order valence-corrected chi connectivity index (χ1v) is 7.09. The van der Waals surface area contributed by atoms with Crippen molar-refractivity contribution in [3.8, 4) is 0 Å². The normalized spacial score (nSPS) is 12.4. The van der Waals surface area contributed by atoms with Crippen LogP contribution in [-0.4, -0.2) is 5.11 Å². The highest BCUT2D eigenvalue weighted by Gasteiger charge is 2.14. The first-order valence-electron chi connectivity index (χ1n) is 5.48. The third-order valence-corrected chi connectivity index (χ3v) is 4.66. The zero-order chi connectivity index (χ0) is 13.1. The van der Waals surface area contributed by atoms with E-state index >= 15 is 0 Å². The summed E-state index contributed by atoms with van der Waals surface area (Å²) in [4.78, 5) is 1.39. The van der Waals surface area contributed by atoms with Crippen LogP contribution in [-0.2, 0) is 0 Å². The smallest absolute Gasteiger partial charge is 0.137 e. The summed E-state index contributed by atoms with van der Waals surface area (Å²) in [6.07, 6.45) is -0.689. The second-order valence-corrected chi connectivity index (χ2v) is 5.77. The van der Waals surface area contributed by atoms with E-state index < -0.39 is 6.10 Å². The highest BCUT2D eigenvalue weighted by molar-refractivity contribution is 9.10. The largest absolute Gasteiger partial charge is 0.389 e. The molecule has 2 aromatic rings. The topological polar surface area (TPSA) is 20.2 Å². The first-order chi connectivity index (χ1) is 8.59. The van der Waals surface area contributed by atoms with Gasteiger partial charge in [0.2, 0.25) is 0 Å². The molecule has 18 heavy (non-hydrogen) atoms. The molecule has 94 valence electrons. The molecule has 1 N–H and O–H groups in total. The van der Waals surface area contributed by atoms with E-state index in [2.05, 4.69) is 15.9 Å². The van der Waals surface area contributed by atoms with Crippen LogP contribution in [0.25, 0.3) is 0 Å². The average Bonchev–Trinajstić information content (AvgIpc) is 2.34. The summed E-state index contributed by atoms with van der Waals surface area (Å²) in [6, 6.07) is 12.4. The van der Waals surface area contributed by atoms with Crippen molar-refractivity contribution >= 4 is 27.7 Å². The lowest BCUT2D eigenvalue weighted by atomic mass is 10.1. The number of aliphatic hydroxyl groups is 1. The van der Waals surface area contributed by atoms with Gasteiger partial charge in [-0.05, 0) is 46.6 Å². The molecule has 0 amide bonds. The molecule has 2 rings (SSSR count). The van der Waals surface area contributed by atoms with E-state index in [1.54, 1.807) is 19.1 Å². The van der Waals surface area contributed by atoms with E-state index in [9.17, 15) is 9.50 Å². The second-order valence-electron chi connectivity index (χ2n) is 3.87. The maximum atomic E-state index is 13.9. The molecule has 0 spiro atoms. The van der Waals surface area contributed by atoms with E-state index in [1.165, 1.54) is 17.8 Å². The number of hydrogen-bond acceptors (Lipinski definition) is 2. The van der Waals surface area contributed by atoms with E-state index in [0.717, 1.165) is 9.37 Å². The highest BCUT2D eigenvalue weighted by atomic mass is 79.9. The molecule has 0 aliphatic carbocycles. The fraction of sp³-hybridized carbons (Fsp3) is 0.143. The van der Waals surface area contributed by atoms with Crippen molar-refractivity contribution in [1.82, 2.24) is 0 Å². The predicted octanol–water partition coefficient (Wildman–Crippen LogP) is 4.79. The fourth-order valence-electron chi connectivity index (χ4n) is 1.60. The minimum Gasteiger partial charge on any atom is -0.389 e. The Morgan fingerprint density at radius 2 is 1.89 bits per heavy atom. The van der Waals surface area contributed by atoms with Gasteiger partial charge in [0, 0.05) is 9.37 Å². The number of halogens is 2. The van der Waals surface area contributed by atoms with Crippen molar-refractivity contribution in [3.05, 3.63) is 58.3 Å². The molecule has 0 saturated carbocycles. The van der Waals surface area contributed by atoms with Gasteiger partial charge in [0.1, 0.15) is 5.82 Å². The lowest BCUT2D eigenvalue weighted by Crippen LogP contribution is -1.96. The Morgan fingerprint density at radius 3 is 2.56 bits per heavy atom. The monoisotopic (exact) mass is 326 g/mol. The Labute approximate surface area is 118 Å². The van der Waals surface area contributed by atoms with Gasteiger partial charge in [-0.3, -0.25) is 0 Å². The van der Waals surface area contributed by atoms with Crippen molar-refractivity contribution < 1.29 is 9.50 Å². The van der Waals surface area contributed by atoms with Crippen molar-refractivity contribution in [2.45, 2.75) is 22.8 Å². The van der Waals surface area contributed by atoms with E-state index in [-0.39, 0.29) is 5.82 Å². The first kappa shape index (κ1) is 13.6. The molecule has 0 fully saturated rings. The molecule has 2 aromatic carbocycles. The quantitative estimate of drug-likeness (QED) is 0.874. The Bertz CT molecular complexity index is 557. The number of aliphatic hydroxyl groups excluding tert-OH is 1. The molecule has 1 atom stereocenters. The summed E-state index contributed by atoms with van der Waals surface area (Å²) in [5.41, 5.74) is 0.607. The maximum Gasteiger partial charge on any atom is 0.137 e. The molecule has 0 radical (unpaired) electrons. The SMILES string of the molecule is C[C@@H](O)c1cccc(F)c1Sc1ccccc1Br. The van der Waals surface area contributed by atoms with Crippen LogP contribution in [0.2, 0.25) is 0 Å². The molecular formula is C14H12BrFOS. The zero-order valence-corrected chi connectivity index (χ0v) is 12.1. The lowest BCUT2D eigenvalue weighted by Gasteiger charge is -2.13. The summed E-state index contributed by atoms with van der Waals surface area (Å²) in [5.74, 6) is -0.311. The van der Waals surface area contributed by atoms with Gasteiger partial charge in [0.05, 0.1) is 11.0 Å². The fourth-order valence-corrected chi connectivity index (χ4v) is 3.18. The highest BCUT2D eigenvalue weighted by Crippen LogP contribution is 2.38. The van der Waals surface area contributed by atoms with Crippen LogP contribution in [0.5, 0.6) is 0 Å². The average molecular weight is 327 g/mol. The minimum atomic E-state index is -0.689. The number of hydrogen-bond donors (Lipinski definition) is 1. The standard InChI is InChI=1S/C14H12BrFOS/c1-9(17)10-5-4-7-12(16)14(10)18-13-8-3-2-6-11(13)15/h2-9,17H,1H3/t9-/m1/s1. The van der Waals surface area contributed by atoms with Crippen LogP contribution in [0.1, 0.15) is 18.6 Å². The molecular weight excluding hydrogens is 315 g/mol. The van der Waals surface area contributed by atoms with Gasteiger partial charge in [-0.1, -0.05) is 36.0 Å². The summed E-state index contributed by atoms with van der Waals surface area (Å²) < 4.78 is 14.8. The van der Waals surface area contributed by atoms with Crippen molar-refractivity contribution in [3.63, 3.8) is 0 Å². The molecule has 0 heterocycles. The van der Waals surface area contributed by atoms with Gasteiger partial charge in [0.15, 0.2) is 0 Å². The molecule has 0 bridgehead atoms. The number of rotatable bonds is 3. The Balaban J connectivity index is 2.43. The van der Waals surface area contributed by atoms with E-state index in [1.807, 2.05) is 24.3 Å². The molecule has 4 heteroatoms. The summed E-state index contributed by atoms with van der Waals surface area (Å²) in [7, 11) is 0. The lowest BCUT2D eigenvalue weighted by molar-refractivity contribution is 0.195. The molecule has 0 aliphatic heterocycles. The summed E-state index contributed by atoms with van der Waals surface area (Å²) in [6.45, 7) is 1.64. The minimum absolute atomic E-state index is 0.311. The van der Waals surface area contributed by atoms with Gasteiger partial charge >= 0.3 is 0 Å². The molecule has 1 nitrogen and oxygen atoms in total. The van der Waals surface area contributed by atoms with Crippen LogP contribution in [0.15, 0.2) is 56.7 Å². The third kappa shape index (κ3) is 2.94. The van der Waals surface area contributed by atoms with Gasteiger partial charge in [0.25, 0.3) is 0 Å². The maximum absolute atomic E-state index is 13.9. The molecule has 0 aromatic heterocycles. The predicted molar refractivity (Wildman–Crippen MR) is 75.3 cm³/mol. The van der Waals surface area contributed by atoms with Gasteiger partial charge < -0.3 is 5.11 Å². The van der Waals surface area contributed by atoms with Gasteiger partial charge in [-0.15, -0.1) is 0 Å². The van der Waals surface area contributed by atoms with Crippen LogP contribution in [0.4, 0.5) is 4.39 Å². The van der Waals surface area contributed by atoms with Crippen LogP contribution < -0.4 is 0 Å². The Kier molecular flexibility index (Phi) is 4.43. The summed E-state index contributed by atoms with van der Waals surface area (Å²) in [5, 5.41) is 9.68. The second kappa shape index (κ2) is 5.87. The summed E-state index contributed by atoms with van der Waals surface area (Å²) >= 11 is 4.75. The molecule has 0 saturated heterocycles. The molecule has 0 unspecified atom stereocenters. The van der Waals surface area contributed by atoms with Gasteiger partial charge in [-0.25, -0.2) is 4.39 Å². The molecule has 0 aliphatic rings. The Morgan fingerprint density at radius 1 is 1.17 bits per heavy atom.